The second-order valence-electron chi connectivity index (χ2n) is 8.47. The summed E-state index contributed by atoms with van der Waals surface area (Å²) in [6.45, 7) is 5.13. The summed E-state index contributed by atoms with van der Waals surface area (Å²) in [5.41, 5.74) is 0.383. The Morgan fingerprint density at radius 2 is 1.65 bits per heavy atom. The molecular formula is C21H24FN5O4. The van der Waals surface area contributed by atoms with Gasteiger partial charge in [-0.25, -0.2) is 4.39 Å². The van der Waals surface area contributed by atoms with Gasteiger partial charge in [-0.3, -0.25) is 34.3 Å². The van der Waals surface area contributed by atoms with Gasteiger partial charge in [0.15, 0.2) is 0 Å². The number of nitrogens with one attached hydrogen (secondary N) is 2. The standard InChI is InChI=1S/C21H24FN5O4/c22-15-9-13-14(21(31)27(20(13)30)16-1-2-18(28)24-19(16)29)10-17(15)26-6-3-12(11-26)25-7-4-23-5-8-25/h9-10,12,16,23H,1-8,11H2,(H,24,28,29). The highest BCUT2D eigenvalue weighted by molar-refractivity contribution is 6.23. The zero-order valence-electron chi connectivity index (χ0n) is 17.0. The number of anilines is 1. The summed E-state index contributed by atoms with van der Waals surface area (Å²) in [6.07, 6.45) is 1.03. The number of piperazine rings is 1. The molecule has 1 aromatic rings. The van der Waals surface area contributed by atoms with E-state index < -0.39 is 35.5 Å². The SMILES string of the molecule is O=C1CCC(N2C(=O)c3cc(F)c(N4CCC(N5CCNCC5)C4)cc3C2=O)C(=O)N1. The molecule has 9 nitrogen and oxygen atoms in total. The van der Waals surface area contributed by atoms with E-state index >= 15 is 0 Å². The monoisotopic (exact) mass is 429 g/mol. The number of rotatable bonds is 3. The minimum absolute atomic E-state index is 0.0335. The zero-order chi connectivity index (χ0) is 21.7. The first-order valence-electron chi connectivity index (χ1n) is 10.7. The molecule has 0 aliphatic carbocycles. The van der Waals surface area contributed by atoms with E-state index in [0.29, 0.717) is 24.8 Å². The smallest absolute Gasteiger partial charge is 0.262 e. The molecule has 10 heteroatoms. The molecule has 2 unspecified atom stereocenters. The van der Waals surface area contributed by atoms with Crippen LogP contribution in [0.5, 0.6) is 0 Å². The fraction of sp³-hybridized carbons (Fsp3) is 0.524. The summed E-state index contributed by atoms with van der Waals surface area (Å²) in [5.74, 6) is -2.97. The molecule has 4 aliphatic rings. The van der Waals surface area contributed by atoms with Crippen LogP contribution < -0.4 is 15.5 Å². The Morgan fingerprint density at radius 1 is 0.935 bits per heavy atom. The van der Waals surface area contributed by atoms with Gasteiger partial charge in [0.2, 0.25) is 11.8 Å². The van der Waals surface area contributed by atoms with E-state index in [9.17, 15) is 23.6 Å². The molecule has 2 N–H and O–H groups in total. The van der Waals surface area contributed by atoms with Crippen molar-refractivity contribution in [3.05, 3.63) is 29.1 Å². The van der Waals surface area contributed by atoms with Gasteiger partial charge in [-0.2, -0.15) is 0 Å². The Bertz CT molecular complexity index is 977. The van der Waals surface area contributed by atoms with E-state index in [4.69, 9.17) is 0 Å². The number of fused-ring (bicyclic) bond motifs is 1. The van der Waals surface area contributed by atoms with Gasteiger partial charge >= 0.3 is 0 Å². The molecular weight excluding hydrogens is 405 g/mol. The summed E-state index contributed by atoms with van der Waals surface area (Å²) >= 11 is 0. The van der Waals surface area contributed by atoms with Crippen LogP contribution >= 0.6 is 0 Å². The Hall–Kier alpha value is -2.85. The second-order valence-corrected chi connectivity index (χ2v) is 8.47. The lowest BCUT2D eigenvalue weighted by molar-refractivity contribution is -0.136. The number of carbonyl (C=O) groups excluding carboxylic acids is 4. The summed E-state index contributed by atoms with van der Waals surface area (Å²) in [7, 11) is 0. The third-order valence-corrected chi connectivity index (χ3v) is 6.68. The van der Waals surface area contributed by atoms with Gasteiger partial charge in [-0.15, -0.1) is 0 Å². The van der Waals surface area contributed by atoms with Gasteiger partial charge in [0.25, 0.3) is 11.8 Å². The van der Waals surface area contributed by atoms with Crippen LogP contribution in [-0.4, -0.2) is 84.8 Å². The van der Waals surface area contributed by atoms with Crippen LogP contribution in [-0.2, 0) is 9.59 Å². The second kappa shape index (κ2) is 7.69. The van der Waals surface area contributed by atoms with E-state index in [1.165, 1.54) is 6.07 Å². The molecule has 0 aromatic heterocycles. The molecule has 164 valence electrons. The van der Waals surface area contributed by atoms with Crippen molar-refractivity contribution in [3.63, 3.8) is 0 Å². The number of piperidine rings is 1. The first-order valence-corrected chi connectivity index (χ1v) is 10.7. The molecule has 4 aliphatic heterocycles. The lowest BCUT2D eigenvalue weighted by Gasteiger charge is -2.32. The fourth-order valence-corrected chi connectivity index (χ4v) is 5.03. The summed E-state index contributed by atoms with van der Waals surface area (Å²) in [4.78, 5) is 54.6. The van der Waals surface area contributed by atoms with Crippen molar-refractivity contribution in [3.8, 4) is 0 Å². The largest absolute Gasteiger partial charge is 0.368 e. The molecule has 0 bridgehead atoms. The highest BCUT2D eigenvalue weighted by Crippen LogP contribution is 2.34. The average molecular weight is 429 g/mol. The van der Waals surface area contributed by atoms with Gasteiger partial charge in [0.05, 0.1) is 16.8 Å². The molecule has 3 fully saturated rings. The number of hydrogen-bond donors (Lipinski definition) is 2. The van der Waals surface area contributed by atoms with Crippen LogP contribution in [0.2, 0.25) is 0 Å². The molecule has 1 aromatic carbocycles. The molecule has 2 atom stereocenters. The Kier molecular flexibility index (Phi) is 4.98. The number of imide groups is 2. The normalized spacial score (nSPS) is 27.1. The molecule has 0 spiro atoms. The summed E-state index contributed by atoms with van der Waals surface area (Å²) in [6, 6.07) is 1.82. The maximum absolute atomic E-state index is 15.0. The maximum Gasteiger partial charge on any atom is 0.262 e. The van der Waals surface area contributed by atoms with Crippen molar-refractivity contribution < 1.29 is 23.6 Å². The van der Waals surface area contributed by atoms with Crippen molar-refractivity contribution in [2.75, 3.05) is 44.2 Å². The maximum atomic E-state index is 15.0. The number of benzene rings is 1. The van der Waals surface area contributed by atoms with E-state index in [1.807, 2.05) is 4.90 Å². The first-order chi connectivity index (χ1) is 14.9. The molecule has 31 heavy (non-hydrogen) atoms. The predicted molar refractivity (Wildman–Crippen MR) is 108 cm³/mol. The molecule has 0 radical (unpaired) electrons. The third kappa shape index (κ3) is 3.39. The van der Waals surface area contributed by atoms with Crippen molar-refractivity contribution in [1.29, 1.82) is 0 Å². The van der Waals surface area contributed by atoms with E-state index in [-0.39, 0.29) is 24.0 Å². The zero-order valence-corrected chi connectivity index (χ0v) is 17.0. The minimum Gasteiger partial charge on any atom is -0.368 e. The number of carbonyl (C=O) groups is 4. The Balaban J connectivity index is 1.38. The van der Waals surface area contributed by atoms with Gasteiger partial charge < -0.3 is 10.2 Å². The number of hydrogen-bond acceptors (Lipinski definition) is 7. The lowest BCUT2D eigenvalue weighted by atomic mass is 10.0. The van der Waals surface area contributed by atoms with E-state index in [1.54, 1.807) is 0 Å². The highest BCUT2D eigenvalue weighted by atomic mass is 19.1. The minimum atomic E-state index is -1.06. The van der Waals surface area contributed by atoms with Gasteiger partial charge in [-0.1, -0.05) is 0 Å². The molecule has 4 heterocycles. The van der Waals surface area contributed by atoms with Gasteiger partial charge in [0, 0.05) is 51.7 Å². The predicted octanol–water partition coefficient (Wildman–Crippen LogP) is -0.289. The number of halogens is 1. The molecule has 3 saturated heterocycles. The van der Waals surface area contributed by atoms with Crippen LogP contribution in [0.3, 0.4) is 0 Å². The van der Waals surface area contributed by atoms with Gasteiger partial charge in [-0.05, 0) is 25.0 Å². The lowest BCUT2D eigenvalue weighted by Crippen LogP contribution is -2.54. The van der Waals surface area contributed by atoms with Crippen molar-refractivity contribution >= 4 is 29.3 Å². The first kappa shape index (κ1) is 20.1. The van der Waals surface area contributed by atoms with Crippen LogP contribution in [0.4, 0.5) is 10.1 Å². The van der Waals surface area contributed by atoms with Crippen LogP contribution in [0.1, 0.15) is 40.0 Å². The van der Waals surface area contributed by atoms with E-state index in [0.717, 1.165) is 43.6 Å². The van der Waals surface area contributed by atoms with Crippen LogP contribution in [0.25, 0.3) is 0 Å². The Labute approximate surface area is 178 Å². The molecule has 0 saturated carbocycles. The number of nitrogens with zero attached hydrogens (tertiary/aromatic N) is 3. The van der Waals surface area contributed by atoms with Gasteiger partial charge in [0.1, 0.15) is 11.9 Å². The van der Waals surface area contributed by atoms with Crippen LogP contribution in [0.15, 0.2) is 12.1 Å². The van der Waals surface area contributed by atoms with Crippen molar-refractivity contribution in [2.24, 2.45) is 0 Å². The summed E-state index contributed by atoms with van der Waals surface area (Å²) in [5, 5.41) is 5.49. The topological polar surface area (TPSA) is 102 Å². The average Bonchev–Trinajstić information content (AvgIpc) is 3.33. The van der Waals surface area contributed by atoms with E-state index in [2.05, 4.69) is 15.5 Å². The molecule has 5 rings (SSSR count). The highest BCUT2D eigenvalue weighted by Gasteiger charge is 2.45. The van der Waals surface area contributed by atoms with Crippen molar-refractivity contribution in [2.45, 2.75) is 31.3 Å². The fourth-order valence-electron chi connectivity index (χ4n) is 5.03. The van der Waals surface area contributed by atoms with Crippen LogP contribution in [0, 0.1) is 5.82 Å². The number of amides is 4. The third-order valence-electron chi connectivity index (χ3n) is 6.68. The van der Waals surface area contributed by atoms with Crippen molar-refractivity contribution in [1.82, 2.24) is 20.4 Å². The quantitative estimate of drug-likeness (QED) is 0.637. The molecule has 4 amide bonds. The Morgan fingerprint density at radius 3 is 2.35 bits per heavy atom. The summed E-state index contributed by atoms with van der Waals surface area (Å²) < 4.78 is 15.0.